The Kier molecular flexibility index (Phi) is 42.8. The Labute approximate surface area is 349 Å². The maximum atomic E-state index is 12.6. The van der Waals surface area contributed by atoms with Crippen LogP contribution in [0.1, 0.15) is 200 Å². The molecule has 0 rings (SSSR count). The zero-order valence-corrected chi connectivity index (χ0v) is 37.4. The lowest BCUT2D eigenvalue weighted by molar-refractivity contribution is -0.154. The summed E-state index contributed by atoms with van der Waals surface area (Å²) in [6.45, 7) is 3.38. The van der Waals surface area contributed by atoms with E-state index in [9.17, 15) is 19.4 Å². The van der Waals surface area contributed by atoms with E-state index in [0.717, 1.165) is 83.5 Å². The van der Waals surface area contributed by atoms with Crippen molar-refractivity contribution >= 4 is 13.8 Å². The van der Waals surface area contributed by atoms with Crippen LogP contribution < -0.4 is 0 Å². The fraction of sp³-hybridized carbons (Fsp3) is 0.809. The van der Waals surface area contributed by atoms with Gasteiger partial charge in [0.05, 0.1) is 26.4 Å². The molecular weight excluding hydrogens is 739 g/mol. The summed E-state index contributed by atoms with van der Waals surface area (Å²) in [7, 11) is -4.52. The number of unbranched alkanes of at least 4 members (excludes halogenated alkanes) is 22. The number of carbonyl (C=O) groups excluding carboxylic acids is 1. The third kappa shape index (κ3) is 43.8. The van der Waals surface area contributed by atoms with Crippen LogP contribution in [0.25, 0.3) is 0 Å². The van der Waals surface area contributed by atoms with E-state index < -0.39 is 33.2 Å². The molecule has 0 fully saturated rings. The molecule has 3 N–H and O–H groups in total. The fourth-order valence-electron chi connectivity index (χ4n) is 6.29. The van der Waals surface area contributed by atoms with Crippen molar-refractivity contribution in [1.82, 2.24) is 0 Å². The van der Waals surface area contributed by atoms with E-state index in [1.807, 2.05) is 0 Å². The predicted octanol–water partition coefficient (Wildman–Crippen LogP) is 13.0. The molecule has 0 saturated carbocycles. The van der Waals surface area contributed by atoms with Gasteiger partial charge in [-0.25, -0.2) is 4.57 Å². The Bertz CT molecular complexity index is 1030. The van der Waals surface area contributed by atoms with Gasteiger partial charge in [-0.2, -0.15) is 0 Å². The third-order valence-corrected chi connectivity index (χ3v) is 10.7. The monoisotopic (exact) mass is 827 g/mol. The van der Waals surface area contributed by atoms with Crippen LogP contribution in [-0.2, 0) is 27.9 Å². The molecule has 10 heteroatoms. The minimum atomic E-state index is -4.52. The van der Waals surface area contributed by atoms with Gasteiger partial charge in [0.1, 0.15) is 12.2 Å². The molecule has 0 radical (unpaired) electrons. The Morgan fingerprint density at radius 1 is 0.561 bits per heavy atom. The SMILES string of the molecule is CC/C=C\C/C=C\C/C=C\C/C=C\CCCCCCCOCC(COP(=O)(O)OCC(O)CO)OC(=O)CCCCCCCCCCCCCCCCCCCC. The molecule has 0 aliphatic heterocycles. The van der Waals surface area contributed by atoms with Crippen molar-refractivity contribution in [3.8, 4) is 0 Å². The van der Waals surface area contributed by atoms with Crippen LogP contribution in [0.3, 0.4) is 0 Å². The van der Waals surface area contributed by atoms with Gasteiger partial charge in [0.25, 0.3) is 0 Å². The van der Waals surface area contributed by atoms with Gasteiger partial charge in [-0.05, 0) is 51.4 Å². The minimum Gasteiger partial charge on any atom is -0.457 e. The molecule has 57 heavy (non-hydrogen) atoms. The molecule has 0 aromatic rings. The van der Waals surface area contributed by atoms with Gasteiger partial charge in [-0.15, -0.1) is 0 Å². The molecule has 3 atom stereocenters. The number of phosphoric ester groups is 1. The molecule has 0 spiro atoms. The number of allylic oxidation sites excluding steroid dienone is 8. The van der Waals surface area contributed by atoms with Crippen molar-refractivity contribution < 1.29 is 43.0 Å². The number of ether oxygens (including phenoxy) is 2. The van der Waals surface area contributed by atoms with Gasteiger partial charge in [0.15, 0.2) is 0 Å². The molecule has 9 nitrogen and oxygen atoms in total. The molecule has 0 heterocycles. The molecule has 3 unspecified atom stereocenters. The first kappa shape index (κ1) is 55.4. The van der Waals surface area contributed by atoms with Crippen molar-refractivity contribution in [2.45, 2.75) is 212 Å². The Balaban J connectivity index is 4.16. The quantitative estimate of drug-likeness (QED) is 0.0238. The normalized spacial score (nSPS) is 14.4. The number of hydrogen-bond donors (Lipinski definition) is 3. The lowest BCUT2D eigenvalue weighted by atomic mass is 10.0. The molecule has 0 aliphatic carbocycles. The molecule has 0 saturated heterocycles. The molecule has 0 aromatic carbocycles. The number of hydrogen-bond acceptors (Lipinski definition) is 8. The maximum absolute atomic E-state index is 12.6. The Morgan fingerprint density at radius 2 is 1.00 bits per heavy atom. The summed E-state index contributed by atoms with van der Waals surface area (Å²) in [5.74, 6) is -0.388. The molecular formula is C47H87O9P. The summed E-state index contributed by atoms with van der Waals surface area (Å²) in [6, 6.07) is 0. The largest absolute Gasteiger partial charge is 0.472 e. The number of phosphoric acid groups is 1. The number of rotatable bonds is 44. The highest BCUT2D eigenvalue weighted by molar-refractivity contribution is 7.47. The van der Waals surface area contributed by atoms with Crippen LogP contribution in [-0.4, -0.2) is 66.3 Å². The first-order valence-electron chi connectivity index (χ1n) is 23.1. The van der Waals surface area contributed by atoms with Crippen LogP contribution in [0, 0.1) is 0 Å². The molecule has 0 aromatic heterocycles. The van der Waals surface area contributed by atoms with Crippen molar-refractivity contribution in [3.63, 3.8) is 0 Å². The van der Waals surface area contributed by atoms with Crippen molar-refractivity contribution in [2.24, 2.45) is 0 Å². The number of aliphatic hydroxyl groups is 2. The van der Waals surface area contributed by atoms with Crippen molar-refractivity contribution in [1.29, 1.82) is 0 Å². The topological polar surface area (TPSA) is 132 Å². The first-order chi connectivity index (χ1) is 27.8. The van der Waals surface area contributed by atoms with E-state index in [1.54, 1.807) is 0 Å². The summed E-state index contributed by atoms with van der Waals surface area (Å²) >= 11 is 0. The van der Waals surface area contributed by atoms with Gasteiger partial charge in [0, 0.05) is 13.0 Å². The van der Waals surface area contributed by atoms with E-state index in [2.05, 4.69) is 62.5 Å². The number of aliphatic hydroxyl groups excluding tert-OH is 2. The van der Waals surface area contributed by atoms with E-state index in [1.165, 1.54) is 96.3 Å². The van der Waals surface area contributed by atoms with Crippen molar-refractivity contribution in [3.05, 3.63) is 48.6 Å². The van der Waals surface area contributed by atoms with Crippen LogP contribution in [0.5, 0.6) is 0 Å². The second kappa shape index (κ2) is 44.0. The van der Waals surface area contributed by atoms with Gasteiger partial charge in [-0.1, -0.05) is 191 Å². The summed E-state index contributed by atoms with van der Waals surface area (Å²) in [6.07, 6.45) is 49.3. The maximum Gasteiger partial charge on any atom is 0.472 e. The lowest BCUT2D eigenvalue weighted by Gasteiger charge is -2.20. The molecule has 0 amide bonds. The van der Waals surface area contributed by atoms with Gasteiger partial charge in [0.2, 0.25) is 0 Å². The van der Waals surface area contributed by atoms with E-state index in [4.69, 9.17) is 23.6 Å². The number of carbonyl (C=O) groups is 1. The standard InChI is InChI=1S/C47H87O9P/c1-3-5-7-9-11-13-15-17-19-21-23-25-27-29-31-33-35-37-39-47(50)56-46(44-55-57(51,52)54-42-45(49)41-48)43-53-40-38-36-34-32-30-28-26-24-22-20-18-16-14-12-10-8-6-4-2/h6,8,12,14,18,20,24,26,45-46,48-49H,3-5,7,9-11,13,15-17,19,21-23,25,27-44H2,1-2H3,(H,51,52)/b8-6-,14-12-,20-18-,26-24-. The van der Waals surface area contributed by atoms with Crippen LogP contribution >= 0.6 is 7.82 Å². The second-order valence-electron chi connectivity index (χ2n) is 15.4. The minimum absolute atomic E-state index is 0.0377. The average Bonchev–Trinajstić information content (AvgIpc) is 3.20. The van der Waals surface area contributed by atoms with Gasteiger partial charge in [-0.3, -0.25) is 13.8 Å². The summed E-state index contributed by atoms with van der Waals surface area (Å²) < 4.78 is 33.4. The highest BCUT2D eigenvalue weighted by Crippen LogP contribution is 2.43. The van der Waals surface area contributed by atoms with Gasteiger partial charge >= 0.3 is 13.8 Å². The number of esters is 1. The molecule has 0 aliphatic rings. The second-order valence-corrected chi connectivity index (χ2v) is 16.9. The summed E-state index contributed by atoms with van der Waals surface area (Å²) in [5, 5.41) is 18.4. The zero-order valence-electron chi connectivity index (χ0n) is 36.6. The first-order valence-corrected chi connectivity index (χ1v) is 24.6. The highest BCUT2D eigenvalue weighted by Gasteiger charge is 2.26. The van der Waals surface area contributed by atoms with Crippen LogP contribution in [0.15, 0.2) is 48.6 Å². The third-order valence-electron chi connectivity index (χ3n) is 9.78. The summed E-state index contributed by atoms with van der Waals surface area (Å²) in [5.41, 5.74) is 0. The smallest absolute Gasteiger partial charge is 0.457 e. The molecule has 0 bridgehead atoms. The highest BCUT2D eigenvalue weighted by atomic mass is 31.2. The van der Waals surface area contributed by atoms with Gasteiger partial charge < -0.3 is 24.6 Å². The molecule has 334 valence electrons. The average molecular weight is 827 g/mol. The van der Waals surface area contributed by atoms with E-state index >= 15 is 0 Å². The van der Waals surface area contributed by atoms with E-state index in [-0.39, 0.29) is 25.6 Å². The van der Waals surface area contributed by atoms with Crippen molar-refractivity contribution in [2.75, 3.05) is 33.0 Å². The predicted molar refractivity (Wildman–Crippen MR) is 237 cm³/mol. The Morgan fingerprint density at radius 3 is 1.51 bits per heavy atom. The Hall–Kier alpha value is -1.58. The van der Waals surface area contributed by atoms with Crippen LogP contribution in [0.4, 0.5) is 0 Å². The summed E-state index contributed by atoms with van der Waals surface area (Å²) in [4.78, 5) is 22.6. The lowest BCUT2D eigenvalue weighted by Crippen LogP contribution is -2.29. The van der Waals surface area contributed by atoms with E-state index in [0.29, 0.717) is 6.61 Å². The fourth-order valence-corrected chi connectivity index (χ4v) is 7.08. The van der Waals surface area contributed by atoms with Crippen LogP contribution in [0.2, 0.25) is 0 Å². The zero-order chi connectivity index (χ0) is 41.8.